The van der Waals surface area contributed by atoms with Crippen molar-refractivity contribution in [2.75, 3.05) is 31.2 Å². The third-order valence-corrected chi connectivity index (χ3v) is 6.37. The molecule has 4 aromatic rings. The van der Waals surface area contributed by atoms with Crippen LogP contribution in [0.25, 0.3) is 33.8 Å². The SMILES string of the molecule is Cn1nc(C(C)(C)C)c(C#N)c1-c1nc2cc(-c3ccccc3C(F)(F)F)nc(N3CCOCC3)c2[nH]1. The number of aromatic amines is 1. The molecule has 4 heterocycles. The highest BCUT2D eigenvalue weighted by Crippen LogP contribution is 2.39. The first-order chi connectivity index (χ1) is 17.5. The van der Waals surface area contributed by atoms with E-state index in [2.05, 4.69) is 16.2 Å². The summed E-state index contributed by atoms with van der Waals surface area (Å²) in [6.45, 7) is 7.94. The molecule has 0 bridgehead atoms. The van der Waals surface area contributed by atoms with Crippen LogP contribution in [0.3, 0.4) is 0 Å². The molecule has 1 aliphatic heterocycles. The lowest BCUT2D eigenvalue weighted by Gasteiger charge is -2.28. The summed E-state index contributed by atoms with van der Waals surface area (Å²) in [5.74, 6) is 0.887. The highest BCUT2D eigenvalue weighted by molar-refractivity contribution is 5.92. The number of nitriles is 1. The second-order valence-corrected chi connectivity index (χ2v) is 10.0. The molecule has 0 aliphatic carbocycles. The summed E-state index contributed by atoms with van der Waals surface area (Å²) in [6, 6.07) is 9.20. The van der Waals surface area contributed by atoms with E-state index in [1.54, 1.807) is 23.9 Å². The standard InChI is InChI=1S/C26H26F3N7O/c1-25(2,3)22-16(14-30)21(35(4)34-22)23-31-19-13-18(15-7-5-6-8-17(15)26(27,28)29)32-24(20(19)33-23)36-9-11-37-12-10-36/h5-8,13H,9-12H2,1-4H3,(H,31,33). The van der Waals surface area contributed by atoms with Crippen molar-refractivity contribution in [2.45, 2.75) is 32.4 Å². The van der Waals surface area contributed by atoms with Gasteiger partial charge in [-0.3, -0.25) is 4.68 Å². The van der Waals surface area contributed by atoms with E-state index < -0.39 is 11.7 Å². The molecule has 192 valence electrons. The molecule has 11 heteroatoms. The van der Waals surface area contributed by atoms with Gasteiger partial charge in [-0.05, 0) is 12.1 Å². The van der Waals surface area contributed by atoms with Gasteiger partial charge in [-0.15, -0.1) is 0 Å². The van der Waals surface area contributed by atoms with Crippen LogP contribution < -0.4 is 4.90 Å². The van der Waals surface area contributed by atoms with Gasteiger partial charge in [0.1, 0.15) is 22.8 Å². The Morgan fingerprint density at radius 1 is 1.08 bits per heavy atom. The summed E-state index contributed by atoms with van der Waals surface area (Å²) in [6.07, 6.45) is -4.54. The molecular formula is C26H26F3N7O. The number of ether oxygens (including phenoxy) is 1. The lowest BCUT2D eigenvalue weighted by molar-refractivity contribution is -0.137. The number of halogens is 3. The van der Waals surface area contributed by atoms with Crippen molar-refractivity contribution in [3.63, 3.8) is 0 Å². The number of hydrogen-bond acceptors (Lipinski definition) is 6. The number of morpholine rings is 1. The highest BCUT2D eigenvalue weighted by Gasteiger charge is 2.34. The zero-order chi connectivity index (χ0) is 26.5. The van der Waals surface area contributed by atoms with E-state index in [0.29, 0.717) is 65.9 Å². The Kier molecular flexibility index (Phi) is 5.95. The first kappa shape index (κ1) is 24.8. The molecule has 8 nitrogen and oxygen atoms in total. The van der Waals surface area contributed by atoms with Crippen LogP contribution in [-0.4, -0.2) is 51.0 Å². The molecule has 3 aromatic heterocycles. The van der Waals surface area contributed by atoms with Crippen molar-refractivity contribution >= 4 is 16.9 Å². The fourth-order valence-corrected chi connectivity index (χ4v) is 4.63. The maximum Gasteiger partial charge on any atom is 0.417 e. The van der Waals surface area contributed by atoms with Gasteiger partial charge in [0.25, 0.3) is 0 Å². The number of benzene rings is 1. The third-order valence-electron chi connectivity index (χ3n) is 6.37. The van der Waals surface area contributed by atoms with E-state index in [4.69, 9.17) is 14.7 Å². The number of anilines is 1. The summed E-state index contributed by atoms with van der Waals surface area (Å²) in [5.41, 5.74) is 1.57. The molecule has 37 heavy (non-hydrogen) atoms. The number of rotatable bonds is 3. The minimum Gasteiger partial charge on any atom is -0.378 e. The maximum absolute atomic E-state index is 13.8. The largest absolute Gasteiger partial charge is 0.417 e. The van der Waals surface area contributed by atoms with Gasteiger partial charge >= 0.3 is 6.18 Å². The number of fused-ring (bicyclic) bond motifs is 1. The molecule has 1 aliphatic rings. The Hall–Kier alpha value is -3.91. The molecule has 0 amide bonds. The van der Waals surface area contributed by atoms with Crippen LogP contribution in [0.1, 0.15) is 37.6 Å². The molecule has 5 rings (SSSR count). The Morgan fingerprint density at radius 3 is 2.43 bits per heavy atom. The van der Waals surface area contributed by atoms with Gasteiger partial charge in [0.05, 0.1) is 35.7 Å². The van der Waals surface area contributed by atoms with Crippen molar-refractivity contribution in [3.8, 4) is 28.8 Å². The topological polar surface area (TPSA) is 95.7 Å². The summed E-state index contributed by atoms with van der Waals surface area (Å²) in [7, 11) is 1.74. The zero-order valence-electron chi connectivity index (χ0n) is 20.9. The van der Waals surface area contributed by atoms with Crippen molar-refractivity contribution in [1.29, 1.82) is 5.26 Å². The van der Waals surface area contributed by atoms with Gasteiger partial charge in [0, 0.05) is 31.1 Å². The second kappa shape index (κ2) is 8.88. The molecule has 1 N–H and O–H groups in total. The van der Waals surface area contributed by atoms with E-state index in [0.717, 1.165) is 6.07 Å². The normalized spacial score (nSPS) is 14.8. The zero-order valence-corrected chi connectivity index (χ0v) is 20.9. The molecule has 1 fully saturated rings. The van der Waals surface area contributed by atoms with E-state index >= 15 is 0 Å². The maximum atomic E-state index is 13.8. The summed E-state index contributed by atoms with van der Waals surface area (Å²) in [5, 5.41) is 14.6. The molecule has 0 radical (unpaired) electrons. The van der Waals surface area contributed by atoms with E-state index in [1.807, 2.05) is 25.7 Å². The number of nitrogens with one attached hydrogen (secondary N) is 1. The monoisotopic (exact) mass is 509 g/mol. The Morgan fingerprint density at radius 2 is 1.78 bits per heavy atom. The minimum atomic E-state index is -4.54. The number of aromatic nitrogens is 5. The van der Waals surface area contributed by atoms with Gasteiger partial charge in [-0.2, -0.15) is 23.5 Å². The molecule has 0 unspecified atom stereocenters. The lowest BCUT2D eigenvalue weighted by atomic mass is 9.89. The van der Waals surface area contributed by atoms with Crippen molar-refractivity contribution in [2.24, 2.45) is 7.05 Å². The van der Waals surface area contributed by atoms with Crippen molar-refractivity contribution in [3.05, 3.63) is 47.2 Å². The van der Waals surface area contributed by atoms with E-state index in [9.17, 15) is 18.4 Å². The summed E-state index contributed by atoms with van der Waals surface area (Å²) < 4.78 is 48.6. The second-order valence-electron chi connectivity index (χ2n) is 10.0. The quantitative estimate of drug-likeness (QED) is 0.415. The van der Waals surface area contributed by atoms with Crippen molar-refractivity contribution in [1.82, 2.24) is 24.7 Å². The average Bonchev–Trinajstić information content (AvgIpc) is 3.43. The molecule has 0 saturated carbocycles. The van der Waals surface area contributed by atoms with Crippen LogP contribution in [0.4, 0.5) is 19.0 Å². The molecule has 0 atom stereocenters. The number of alkyl halides is 3. The Balaban J connectivity index is 1.76. The number of imidazole rings is 1. The van der Waals surface area contributed by atoms with Crippen LogP contribution in [0.15, 0.2) is 30.3 Å². The molecular weight excluding hydrogens is 483 g/mol. The smallest absolute Gasteiger partial charge is 0.378 e. The molecule has 0 spiro atoms. The van der Waals surface area contributed by atoms with Crippen LogP contribution in [0, 0.1) is 11.3 Å². The minimum absolute atomic E-state index is 0.0239. The van der Waals surface area contributed by atoms with Gasteiger partial charge in [-0.1, -0.05) is 39.0 Å². The first-order valence-corrected chi connectivity index (χ1v) is 11.9. The van der Waals surface area contributed by atoms with Gasteiger partial charge < -0.3 is 14.6 Å². The first-order valence-electron chi connectivity index (χ1n) is 11.9. The fraction of sp³-hybridized carbons (Fsp3) is 0.385. The predicted octanol–water partition coefficient (Wildman–Crippen LogP) is 5.05. The van der Waals surface area contributed by atoms with Gasteiger partial charge in [0.15, 0.2) is 11.6 Å². The van der Waals surface area contributed by atoms with E-state index in [1.165, 1.54) is 12.1 Å². The van der Waals surface area contributed by atoms with Gasteiger partial charge in [0.2, 0.25) is 0 Å². The van der Waals surface area contributed by atoms with Crippen LogP contribution in [0.2, 0.25) is 0 Å². The highest BCUT2D eigenvalue weighted by atomic mass is 19.4. The summed E-state index contributed by atoms with van der Waals surface area (Å²) in [4.78, 5) is 14.7. The Labute approximate surface area is 211 Å². The number of hydrogen-bond donors (Lipinski definition) is 1. The van der Waals surface area contributed by atoms with Crippen molar-refractivity contribution < 1.29 is 17.9 Å². The Bertz CT molecular complexity index is 1520. The lowest BCUT2D eigenvalue weighted by Crippen LogP contribution is -2.37. The van der Waals surface area contributed by atoms with Crippen LogP contribution >= 0.6 is 0 Å². The van der Waals surface area contributed by atoms with Crippen LogP contribution in [-0.2, 0) is 23.4 Å². The van der Waals surface area contributed by atoms with Gasteiger partial charge in [-0.25, -0.2) is 9.97 Å². The van der Waals surface area contributed by atoms with E-state index in [-0.39, 0.29) is 16.7 Å². The number of aryl methyl sites for hydroxylation is 1. The number of nitrogens with zero attached hydrogens (tertiary/aromatic N) is 6. The third kappa shape index (κ3) is 4.42. The van der Waals surface area contributed by atoms with Crippen LogP contribution in [0.5, 0.6) is 0 Å². The average molecular weight is 510 g/mol. The summed E-state index contributed by atoms with van der Waals surface area (Å²) >= 11 is 0. The predicted molar refractivity (Wildman–Crippen MR) is 133 cm³/mol. The fourth-order valence-electron chi connectivity index (χ4n) is 4.63. The molecule has 1 saturated heterocycles. The number of pyridine rings is 1. The molecule has 1 aromatic carbocycles. The number of H-pyrrole nitrogens is 1.